The number of hydrogen-bond acceptors (Lipinski definition) is 5. The number of methoxy groups -OCH3 is 1. The van der Waals surface area contributed by atoms with Crippen molar-refractivity contribution in [2.24, 2.45) is 11.8 Å². The summed E-state index contributed by atoms with van der Waals surface area (Å²) in [7, 11) is 1.52. The van der Waals surface area contributed by atoms with Gasteiger partial charge >= 0.3 is 0 Å². The standard InChI is InChI=1S/C23H20FN3O4/c1-31-14-5-2-4-13(11-14)27-20(28)18-17-6-3-9-26(17)23(19(18)21(27)29)15-10-12(24)7-8-16(15)25-22(23)30/h2,4-5,7-8,10-11,17-19H,3,6,9H2,1H3,(H,25,30)/t17-,18+,19+,23-/m0/s1. The van der Waals surface area contributed by atoms with Crippen LogP contribution >= 0.6 is 0 Å². The maximum Gasteiger partial charge on any atom is 0.250 e. The van der Waals surface area contributed by atoms with E-state index in [1.807, 2.05) is 4.90 Å². The zero-order valence-corrected chi connectivity index (χ0v) is 16.8. The molecule has 0 aliphatic carbocycles. The summed E-state index contributed by atoms with van der Waals surface area (Å²) in [6.45, 7) is 0.584. The van der Waals surface area contributed by atoms with Crippen molar-refractivity contribution in [3.63, 3.8) is 0 Å². The molecule has 1 spiro atoms. The third-order valence-corrected chi connectivity index (χ3v) is 7.27. The summed E-state index contributed by atoms with van der Waals surface area (Å²) >= 11 is 0. The highest BCUT2D eigenvalue weighted by molar-refractivity contribution is 6.25. The molecule has 3 amide bonds. The van der Waals surface area contributed by atoms with Gasteiger partial charge in [-0.15, -0.1) is 0 Å². The van der Waals surface area contributed by atoms with E-state index in [0.717, 1.165) is 6.42 Å². The fraction of sp³-hybridized carbons (Fsp3) is 0.348. The molecule has 0 bridgehead atoms. The molecule has 6 rings (SSSR count). The van der Waals surface area contributed by atoms with Gasteiger partial charge in [0.15, 0.2) is 0 Å². The van der Waals surface area contributed by atoms with Gasteiger partial charge in [0.1, 0.15) is 17.1 Å². The van der Waals surface area contributed by atoms with Crippen LogP contribution in [0.1, 0.15) is 18.4 Å². The van der Waals surface area contributed by atoms with Crippen LogP contribution in [0.4, 0.5) is 15.8 Å². The molecular weight excluding hydrogens is 401 g/mol. The molecule has 0 radical (unpaired) electrons. The molecular formula is C23H20FN3O4. The van der Waals surface area contributed by atoms with E-state index in [9.17, 15) is 18.8 Å². The van der Waals surface area contributed by atoms with Crippen LogP contribution in [0.25, 0.3) is 0 Å². The third-order valence-electron chi connectivity index (χ3n) is 7.27. The van der Waals surface area contributed by atoms with Crippen LogP contribution in [0, 0.1) is 17.7 Å². The lowest BCUT2D eigenvalue weighted by atomic mass is 9.75. The fourth-order valence-electron chi connectivity index (χ4n) is 6.18. The molecule has 4 aliphatic heterocycles. The monoisotopic (exact) mass is 421 g/mol. The molecule has 158 valence electrons. The third kappa shape index (κ3) is 2.13. The van der Waals surface area contributed by atoms with Gasteiger partial charge in [-0.25, -0.2) is 9.29 Å². The van der Waals surface area contributed by atoms with E-state index in [2.05, 4.69) is 5.32 Å². The average Bonchev–Trinajstić information content (AvgIpc) is 3.46. The summed E-state index contributed by atoms with van der Waals surface area (Å²) in [5.41, 5.74) is -0.00600. The number of halogens is 1. The highest BCUT2D eigenvalue weighted by Gasteiger charge is 2.74. The Morgan fingerprint density at radius 2 is 1.97 bits per heavy atom. The number of benzene rings is 2. The first-order valence-electron chi connectivity index (χ1n) is 10.4. The lowest BCUT2D eigenvalue weighted by molar-refractivity contribution is -0.135. The largest absolute Gasteiger partial charge is 0.497 e. The molecule has 0 unspecified atom stereocenters. The summed E-state index contributed by atoms with van der Waals surface area (Å²) in [6.07, 6.45) is 1.53. The molecule has 2 aromatic carbocycles. The van der Waals surface area contributed by atoms with E-state index < -0.39 is 29.1 Å². The lowest BCUT2D eigenvalue weighted by Crippen LogP contribution is -2.54. The molecule has 31 heavy (non-hydrogen) atoms. The number of amides is 3. The Labute approximate surface area is 177 Å². The summed E-state index contributed by atoms with van der Waals surface area (Å²) in [5, 5.41) is 2.84. The van der Waals surface area contributed by atoms with Crippen molar-refractivity contribution in [1.82, 2.24) is 4.90 Å². The number of hydrogen-bond donors (Lipinski definition) is 1. The van der Waals surface area contributed by atoms with Crippen molar-refractivity contribution in [3.8, 4) is 5.75 Å². The van der Waals surface area contributed by atoms with Crippen LogP contribution in [-0.4, -0.2) is 42.3 Å². The minimum atomic E-state index is -1.37. The Balaban J connectivity index is 1.55. The van der Waals surface area contributed by atoms with Crippen molar-refractivity contribution in [1.29, 1.82) is 0 Å². The number of anilines is 2. The van der Waals surface area contributed by atoms with Crippen LogP contribution in [0.15, 0.2) is 42.5 Å². The molecule has 1 N–H and O–H groups in total. The molecule has 8 heteroatoms. The SMILES string of the molecule is COc1cccc(N2C(=O)[C@@H]3[C@@H]4CCCN4[C@]4(C(=O)Nc5ccc(F)cc54)[C@H]3C2=O)c1. The number of carbonyl (C=O) groups is 3. The van der Waals surface area contributed by atoms with Crippen molar-refractivity contribution in [2.45, 2.75) is 24.4 Å². The van der Waals surface area contributed by atoms with Crippen molar-refractivity contribution < 1.29 is 23.5 Å². The van der Waals surface area contributed by atoms with E-state index in [1.165, 1.54) is 30.2 Å². The van der Waals surface area contributed by atoms with Crippen molar-refractivity contribution >= 4 is 29.1 Å². The smallest absolute Gasteiger partial charge is 0.250 e. The van der Waals surface area contributed by atoms with Crippen LogP contribution < -0.4 is 15.0 Å². The molecule has 0 saturated carbocycles. The highest BCUT2D eigenvalue weighted by atomic mass is 19.1. The molecule has 0 aromatic heterocycles. The molecule has 4 aliphatic rings. The quantitative estimate of drug-likeness (QED) is 0.753. The Morgan fingerprint density at radius 1 is 1.13 bits per heavy atom. The van der Waals surface area contributed by atoms with Gasteiger partial charge in [-0.2, -0.15) is 0 Å². The number of nitrogens with one attached hydrogen (secondary N) is 1. The maximum absolute atomic E-state index is 14.3. The van der Waals surface area contributed by atoms with E-state index in [-0.39, 0.29) is 17.9 Å². The second-order valence-corrected chi connectivity index (χ2v) is 8.53. The van der Waals surface area contributed by atoms with Crippen LogP contribution in [0.2, 0.25) is 0 Å². The molecule has 3 fully saturated rings. The van der Waals surface area contributed by atoms with Gasteiger partial charge in [0, 0.05) is 23.4 Å². The maximum atomic E-state index is 14.3. The minimum absolute atomic E-state index is 0.239. The Hall–Kier alpha value is -3.26. The first-order valence-corrected chi connectivity index (χ1v) is 10.4. The van der Waals surface area contributed by atoms with E-state index in [1.54, 1.807) is 24.3 Å². The molecule has 7 nitrogen and oxygen atoms in total. The van der Waals surface area contributed by atoms with E-state index >= 15 is 0 Å². The molecule has 3 saturated heterocycles. The van der Waals surface area contributed by atoms with Gasteiger partial charge in [0.25, 0.3) is 0 Å². The van der Waals surface area contributed by atoms with Crippen LogP contribution in [-0.2, 0) is 19.9 Å². The Bertz CT molecular complexity index is 1170. The van der Waals surface area contributed by atoms with Gasteiger partial charge in [-0.3, -0.25) is 19.3 Å². The Kier molecular flexibility index (Phi) is 3.66. The second-order valence-electron chi connectivity index (χ2n) is 8.53. The predicted octanol–water partition coefficient (Wildman–Crippen LogP) is 2.27. The molecule has 2 aromatic rings. The normalized spacial score (nSPS) is 31.2. The first kappa shape index (κ1) is 18.5. The number of nitrogens with zero attached hydrogens (tertiary/aromatic N) is 2. The van der Waals surface area contributed by atoms with Gasteiger partial charge < -0.3 is 10.1 Å². The first-order chi connectivity index (χ1) is 15.0. The molecule has 4 heterocycles. The number of imide groups is 1. The lowest BCUT2D eigenvalue weighted by Gasteiger charge is -2.36. The molecule has 4 atom stereocenters. The second kappa shape index (κ2) is 6.13. The summed E-state index contributed by atoms with van der Waals surface area (Å²) < 4.78 is 19.5. The van der Waals surface area contributed by atoms with E-state index in [0.29, 0.717) is 35.7 Å². The number of rotatable bonds is 2. The fourth-order valence-corrected chi connectivity index (χ4v) is 6.18. The summed E-state index contributed by atoms with van der Waals surface area (Å²) in [4.78, 5) is 44.0. The van der Waals surface area contributed by atoms with Crippen LogP contribution in [0.3, 0.4) is 0 Å². The zero-order valence-electron chi connectivity index (χ0n) is 16.8. The average molecular weight is 421 g/mol. The summed E-state index contributed by atoms with van der Waals surface area (Å²) in [6, 6.07) is 10.7. The van der Waals surface area contributed by atoms with Crippen molar-refractivity contribution in [2.75, 3.05) is 23.9 Å². The predicted molar refractivity (Wildman–Crippen MR) is 109 cm³/mol. The zero-order chi connectivity index (χ0) is 21.5. The van der Waals surface area contributed by atoms with Gasteiger partial charge in [0.2, 0.25) is 17.7 Å². The minimum Gasteiger partial charge on any atom is -0.497 e. The highest BCUT2D eigenvalue weighted by Crippen LogP contribution is 2.60. The number of fused-ring (bicyclic) bond motifs is 7. The Morgan fingerprint density at radius 3 is 2.77 bits per heavy atom. The number of carbonyl (C=O) groups excluding carboxylic acids is 3. The van der Waals surface area contributed by atoms with Gasteiger partial charge in [-0.05, 0) is 49.7 Å². The van der Waals surface area contributed by atoms with Crippen molar-refractivity contribution in [3.05, 3.63) is 53.8 Å². The van der Waals surface area contributed by atoms with Gasteiger partial charge in [0.05, 0.1) is 24.6 Å². The van der Waals surface area contributed by atoms with Gasteiger partial charge in [-0.1, -0.05) is 6.07 Å². The number of ether oxygens (including phenoxy) is 1. The topological polar surface area (TPSA) is 79.0 Å². The van der Waals surface area contributed by atoms with E-state index in [4.69, 9.17) is 4.74 Å². The summed E-state index contributed by atoms with van der Waals surface area (Å²) in [5.74, 6) is -2.60. The van der Waals surface area contributed by atoms with Crippen LogP contribution in [0.5, 0.6) is 5.75 Å².